The quantitative estimate of drug-likeness (QED) is 0.470. The zero-order valence-electron chi connectivity index (χ0n) is 16.9. The van der Waals surface area contributed by atoms with Crippen LogP contribution in [0.5, 0.6) is 5.75 Å². The Balaban J connectivity index is 1.45. The van der Waals surface area contributed by atoms with Gasteiger partial charge < -0.3 is 9.64 Å². The molecule has 1 fully saturated rings. The molecule has 0 saturated heterocycles. The van der Waals surface area contributed by atoms with E-state index in [0.717, 1.165) is 34.7 Å². The van der Waals surface area contributed by atoms with Gasteiger partial charge in [0.25, 0.3) is 5.91 Å². The molecule has 2 heterocycles. The van der Waals surface area contributed by atoms with Gasteiger partial charge in [0.1, 0.15) is 17.3 Å². The van der Waals surface area contributed by atoms with Crippen molar-refractivity contribution in [1.29, 1.82) is 0 Å². The van der Waals surface area contributed by atoms with Crippen LogP contribution >= 0.6 is 11.3 Å². The number of carbonyl (C=O) groups excluding carboxylic acids is 1. The van der Waals surface area contributed by atoms with Crippen molar-refractivity contribution < 1.29 is 13.9 Å². The second-order valence-electron chi connectivity index (χ2n) is 7.39. The molecule has 0 bridgehead atoms. The van der Waals surface area contributed by atoms with Crippen molar-refractivity contribution in [2.24, 2.45) is 0 Å². The number of thiazole rings is 1. The number of amides is 1. The second kappa shape index (κ2) is 9.34. The monoisotopic (exact) mass is 425 g/mol. The molecule has 1 saturated carbocycles. The number of benzene rings is 1. The lowest BCUT2D eigenvalue weighted by molar-refractivity contribution is 0.0561. The number of aryl methyl sites for hydroxylation is 1. The standard InChI is InChI=1S/C23H24FN3O2S/c1-16-26-21(22(30-16)17-5-3-12-25-15-17)23(28)27(19-6-2-7-19)13-4-14-29-20-10-8-18(24)9-11-20/h3,5,8-12,15,19H,2,4,6-7,13-14H2,1H3. The normalized spacial score (nSPS) is 13.7. The van der Waals surface area contributed by atoms with Crippen molar-refractivity contribution >= 4 is 17.2 Å². The molecule has 0 atom stereocenters. The van der Waals surface area contributed by atoms with E-state index in [9.17, 15) is 9.18 Å². The summed E-state index contributed by atoms with van der Waals surface area (Å²) in [7, 11) is 0. The minimum Gasteiger partial charge on any atom is -0.494 e. The van der Waals surface area contributed by atoms with E-state index in [0.29, 0.717) is 31.0 Å². The minimum absolute atomic E-state index is 0.0234. The van der Waals surface area contributed by atoms with E-state index in [1.807, 2.05) is 24.0 Å². The Morgan fingerprint density at radius 2 is 2.07 bits per heavy atom. The van der Waals surface area contributed by atoms with Crippen LogP contribution in [0.4, 0.5) is 4.39 Å². The third-order valence-electron chi connectivity index (χ3n) is 5.26. The van der Waals surface area contributed by atoms with E-state index >= 15 is 0 Å². The highest BCUT2D eigenvalue weighted by Gasteiger charge is 2.32. The average molecular weight is 426 g/mol. The number of pyridine rings is 1. The van der Waals surface area contributed by atoms with Gasteiger partial charge in [-0.25, -0.2) is 9.37 Å². The summed E-state index contributed by atoms with van der Waals surface area (Å²) in [4.78, 5) is 25.0. The summed E-state index contributed by atoms with van der Waals surface area (Å²) in [5.41, 5.74) is 1.43. The van der Waals surface area contributed by atoms with Crippen molar-refractivity contribution in [3.63, 3.8) is 0 Å². The average Bonchev–Trinajstić information content (AvgIpc) is 3.12. The van der Waals surface area contributed by atoms with Crippen molar-refractivity contribution in [3.05, 3.63) is 65.3 Å². The molecular weight excluding hydrogens is 401 g/mol. The molecule has 1 aromatic carbocycles. The largest absolute Gasteiger partial charge is 0.494 e. The van der Waals surface area contributed by atoms with E-state index in [1.54, 1.807) is 24.5 Å². The van der Waals surface area contributed by atoms with E-state index < -0.39 is 0 Å². The van der Waals surface area contributed by atoms with Gasteiger partial charge in [-0.15, -0.1) is 11.3 Å². The van der Waals surface area contributed by atoms with Gasteiger partial charge in [-0.2, -0.15) is 0 Å². The number of hydrogen-bond donors (Lipinski definition) is 0. The summed E-state index contributed by atoms with van der Waals surface area (Å²) in [6.07, 6.45) is 7.39. The van der Waals surface area contributed by atoms with Gasteiger partial charge in [-0.3, -0.25) is 9.78 Å². The number of halogens is 1. The molecule has 0 aliphatic heterocycles. The molecule has 0 unspecified atom stereocenters. The first-order valence-electron chi connectivity index (χ1n) is 10.2. The molecule has 2 aromatic heterocycles. The summed E-state index contributed by atoms with van der Waals surface area (Å²) in [5, 5.41) is 0.866. The molecule has 0 spiro atoms. The fraction of sp³-hybridized carbons (Fsp3) is 0.348. The van der Waals surface area contributed by atoms with Crippen molar-refractivity contribution in [3.8, 4) is 16.2 Å². The number of nitrogens with zero attached hydrogens (tertiary/aromatic N) is 3. The van der Waals surface area contributed by atoms with Crippen LogP contribution in [0.25, 0.3) is 10.4 Å². The highest BCUT2D eigenvalue weighted by molar-refractivity contribution is 7.15. The highest BCUT2D eigenvalue weighted by atomic mass is 32.1. The van der Waals surface area contributed by atoms with E-state index in [1.165, 1.54) is 23.5 Å². The fourth-order valence-corrected chi connectivity index (χ4v) is 4.41. The van der Waals surface area contributed by atoms with Gasteiger partial charge in [0.05, 0.1) is 16.5 Å². The third kappa shape index (κ3) is 4.67. The molecule has 0 radical (unpaired) electrons. The van der Waals surface area contributed by atoms with Gasteiger partial charge in [0.2, 0.25) is 0 Å². The van der Waals surface area contributed by atoms with Crippen LogP contribution in [-0.4, -0.2) is 40.0 Å². The molecule has 4 rings (SSSR count). The van der Waals surface area contributed by atoms with Gasteiger partial charge in [0, 0.05) is 30.5 Å². The summed E-state index contributed by atoms with van der Waals surface area (Å²) < 4.78 is 18.7. The lowest BCUT2D eigenvalue weighted by atomic mass is 9.91. The van der Waals surface area contributed by atoms with Crippen LogP contribution in [0.3, 0.4) is 0 Å². The summed E-state index contributed by atoms with van der Waals surface area (Å²) >= 11 is 1.52. The Labute approximate surface area is 179 Å². The molecule has 3 aromatic rings. The van der Waals surface area contributed by atoms with E-state index in [2.05, 4.69) is 9.97 Å². The Morgan fingerprint density at radius 1 is 1.27 bits per heavy atom. The lowest BCUT2D eigenvalue weighted by Crippen LogP contribution is -2.45. The number of rotatable bonds is 8. The van der Waals surface area contributed by atoms with Gasteiger partial charge in [-0.05, 0) is 62.9 Å². The minimum atomic E-state index is -0.285. The Hall–Kier alpha value is -2.80. The summed E-state index contributed by atoms with van der Waals surface area (Å²) in [6.45, 7) is 2.99. The van der Waals surface area contributed by atoms with Gasteiger partial charge in [-0.1, -0.05) is 6.07 Å². The number of aromatic nitrogens is 2. The third-order valence-corrected chi connectivity index (χ3v) is 6.28. The molecule has 0 N–H and O–H groups in total. The van der Waals surface area contributed by atoms with Crippen LogP contribution in [-0.2, 0) is 0 Å². The van der Waals surface area contributed by atoms with Crippen LogP contribution in [0.2, 0.25) is 0 Å². The van der Waals surface area contributed by atoms with Crippen LogP contribution in [0, 0.1) is 12.7 Å². The molecule has 7 heteroatoms. The lowest BCUT2D eigenvalue weighted by Gasteiger charge is -2.37. The molecular formula is C23H24FN3O2S. The smallest absolute Gasteiger partial charge is 0.274 e. The van der Waals surface area contributed by atoms with E-state index in [-0.39, 0.29) is 17.8 Å². The molecule has 1 aliphatic carbocycles. The summed E-state index contributed by atoms with van der Waals surface area (Å²) in [5.74, 6) is 0.323. The SMILES string of the molecule is Cc1nc(C(=O)N(CCCOc2ccc(F)cc2)C2CCC2)c(-c2cccnc2)s1. The van der Waals surface area contributed by atoms with Crippen molar-refractivity contribution in [2.45, 2.75) is 38.6 Å². The first-order valence-corrected chi connectivity index (χ1v) is 11.0. The maximum atomic E-state index is 13.5. The topological polar surface area (TPSA) is 55.3 Å². The highest BCUT2D eigenvalue weighted by Crippen LogP contribution is 2.33. The predicted octanol–water partition coefficient (Wildman–Crippen LogP) is 5.12. The van der Waals surface area contributed by atoms with Crippen LogP contribution < -0.4 is 4.74 Å². The van der Waals surface area contributed by atoms with Crippen LogP contribution in [0.15, 0.2) is 48.8 Å². The molecule has 1 aliphatic rings. The molecule has 156 valence electrons. The molecule has 5 nitrogen and oxygen atoms in total. The Kier molecular flexibility index (Phi) is 6.38. The Bertz CT molecular complexity index is 987. The number of ether oxygens (including phenoxy) is 1. The van der Waals surface area contributed by atoms with E-state index in [4.69, 9.17) is 4.74 Å². The predicted molar refractivity (Wildman–Crippen MR) is 115 cm³/mol. The zero-order valence-corrected chi connectivity index (χ0v) is 17.7. The molecule has 1 amide bonds. The maximum absolute atomic E-state index is 13.5. The molecule has 30 heavy (non-hydrogen) atoms. The second-order valence-corrected chi connectivity index (χ2v) is 8.59. The summed E-state index contributed by atoms with van der Waals surface area (Å²) in [6, 6.07) is 10.1. The maximum Gasteiger partial charge on any atom is 0.274 e. The first kappa shape index (κ1) is 20.5. The fourth-order valence-electron chi connectivity index (χ4n) is 3.50. The van der Waals surface area contributed by atoms with Crippen molar-refractivity contribution in [2.75, 3.05) is 13.2 Å². The number of carbonyl (C=O) groups is 1. The Morgan fingerprint density at radius 3 is 2.73 bits per heavy atom. The number of hydrogen-bond acceptors (Lipinski definition) is 5. The first-order chi connectivity index (χ1) is 14.6. The zero-order chi connectivity index (χ0) is 20.9. The van der Waals surface area contributed by atoms with Gasteiger partial charge in [0.15, 0.2) is 0 Å². The van der Waals surface area contributed by atoms with Gasteiger partial charge >= 0.3 is 0 Å². The van der Waals surface area contributed by atoms with Crippen LogP contribution in [0.1, 0.15) is 41.2 Å². The van der Waals surface area contributed by atoms with Crippen molar-refractivity contribution in [1.82, 2.24) is 14.9 Å².